The number of nitrogens with zero attached hydrogens (tertiary/aromatic N) is 3. The van der Waals surface area contributed by atoms with E-state index in [9.17, 15) is 4.79 Å². The van der Waals surface area contributed by atoms with Crippen LogP contribution in [0.2, 0.25) is 0 Å². The topological polar surface area (TPSA) is 58.1 Å². The van der Waals surface area contributed by atoms with Crippen molar-refractivity contribution in [3.63, 3.8) is 0 Å². The molecule has 7 rings (SSSR count). The van der Waals surface area contributed by atoms with Crippen LogP contribution in [0.25, 0.3) is 66.9 Å². The minimum atomic E-state index is 0.678. The van der Waals surface area contributed by atoms with Crippen molar-refractivity contribution in [1.29, 1.82) is 0 Å². The van der Waals surface area contributed by atoms with Gasteiger partial charge < -0.3 is 10.2 Å². The summed E-state index contributed by atoms with van der Waals surface area (Å²) in [4.78, 5) is 23.3. The summed E-state index contributed by atoms with van der Waals surface area (Å²) in [6.45, 7) is 0. The van der Waals surface area contributed by atoms with Crippen LogP contribution in [-0.4, -0.2) is 30.5 Å². The number of aromatic nitrogens is 2. The summed E-state index contributed by atoms with van der Waals surface area (Å²) in [5.74, 6) is 0.678. The number of carbonyl (C=O) groups is 1. The van der Waals surface area contributed by atoms with Gasteiger partial charge in [0, 0.05) is 30.8 Å². The second kappa shape index (κ2) is 12.5. The Morgan fingerprint density at radius 2 is 1.11 bits per heavy atom. The molecule has 1 heterocycles. The SMILES string of the molecule is CNc1ccc(-c2ccc(-c3cc(-c4ccc(-c5ccccc5)c5ccccc45)nc(-c4ccccc4)n3)cc2)cc1N(C)C=O. The molecule has 0 fully saturated rings. The normalized spacial score (nSPS) is 10.9. The quantitative estimate of drug-likeness (QED) is 0.178. The largest absolute Gasteiger partial charge is 0.386 e. The van der Waals surface area contributed by atoms with Crippen LogP contribution < -0.4 is 10.2 Å². The van der Waals surface area contributed by atoms with Crippen LogP contribution in [0.5, 0.6) is 0 Å². The van der Waals surface area contributed by atoms with Crippen molar-refractivity contribution < 1.29 is 4.79 Å². The van der Waals surface area contributed by atoms with Crippen LogP contribution in [-0.2, 0) is 4.79 Å². The predicted molar refractivity (Wildman–Crippen MR) is 191 cm³/mol. The Morgan fingerprint density at radius 1 is 0.543 bits per heavy atom. The number of carbonyl (C=O) groups excluding carboxylic acids is 1. The number of hydrogen-bond acceptors (Lipinski definition) is 4. The Balaban J connectivity index is 1.34. The van der Waals surface area contributed by atoms with E-state index in [1.165, 1.54) is 16.5 Å². The lowest BCUT2D eigenvalue weighted by molar-refractivity contribution is -0.107. The maximum atomic E-state index is 11.5. The average Bonchev–Trinajstić information content (AvgIpc) is 3.14. The number of anilines is 2. The molecule has 1 N–H and O–H groups in total. The Labute approximate surface area is 268 Å². The molecule has 0 bridgehead atoms. The van der Waals surface area contributed by atoms with E-state index in [4.69, 9.17) is 9.97 Å². The van der Waals surface area contributed by atoms with E-state index in [0.29, 0.717) is 5.82 Å². The molecule has 0 aliphatic carbocycles. The van der Waals surface area contributed by atoms with E-state index in [-0.39, 0.29) is 0 Å². The van der Waals surface area contributed by atoms with Crippen LogP contribution in [0.3, 0.4) is 0 Å². The molecule has 0 saturated heterocycles. The first-order valence-corrected chi connectivity index (χ1v) is 15.3. The van der Waals surface area contributed by atoms with Crippen molar-refractivity contribution in [1.82, 2.24) is 9.97 Å². The van der Waals surface area contributed by atoms with Crippen molar-refractivity contribution in [2.24, 2.45) is 0 Å². The fraction of sp³-hybridized carbons (Fsp3) is 0.0488. The summed E-state index contributed by atoms with van der Waals surface area (Å²) < 4.78 is 0. The summed E-state index contributed by atoms with van der Waals surface area (Å²) in [5.41, 5.74) is 10.9. The Kier molecular flexibility index (Phi) is 7.80. The van der Waals surface area contributed by atoms with Gasteiger partial charge in [0.25, 0.3) is 0 Å². The molecule has 1 amide bonds. The molecular weight excluding hydrogens is 564 g/mol. The smallest absolute Gasteiger partial charge is 0.213 e. The van der Waals surface area contributed by atoms with Gasteiger partial charge in [-0.2, -0.15) is 0 Å². The highest BCUT2D eigenvalue weighted by molar-refractivity contribution is 6.04. The number of hydrogen-bond donors (Lipinski definition) is 1. The number of benzene rings is 6. The van der Waals surface area contributed by atoms with Gasteiger partial charge in [-0.05, 0) is 51.2 Å². The van der Waals surface area contributed by atoms with E-state index in [1.54, 1.807) is 11.9 Å². The number of nitrogens with one attached hydrogen (secondary N) is 1. The maximum Gasteiger partial charge on any atom is 0.213 e. The standard InChI is InChI=1S/C41H32N4O/c1-42-37-24-21-32(25-40(37)45(2)27-46)28-17-19-30(20-18-28)38-26-39(44-41(43-38)31-13-7-4-8-14-31)36-23-22-33(29-11-5-3-6-12-29)34-15-9-10-16-35(34)36/h3-27,42H,1-2H3. The van der Waals surface area contributed by atoms with E-state index < -0.39 is 0 Å². The highest BCUT2D eigenvalue weighted by Gasteiger charge is 2.15. The predicted octanol–water partition coefficient (Wildman–Crippen LogP) is 9.60. The molecule has 7 aromatic rings. The van der Waals surface area contributed by atoms with E-state index in [0.717, 1.165) is 62.4 Å². The third kappa shape index (κ3) is 5.51. The first kappa shape index (κ1) is 28.7. The summed E-state index contributed by atoms with van der Waals surface area (Å²) >= 11 is 0. The lowest BCUT2D eigenvalue weighted by atomic mass is 9.93. The molecule has 46 heavy (non-hydrogen) atoms. The molecule has 5 nitrogen and oxygen atoms in total. The molecule has 0 saturated carbocycles. The molecule has 0 unspecified atom stereocenters. The van der Waals surface area contributed by atoms with Crippen LogP contribution in [0, 0.1) is 0 Å². The van der Waals surface area contributed by atoms with E-state index in [1.807, 2.05) is 55.6 Å². The minimum absolute atomic E-state index is 0.678. The second-order valence-corrected chi connectivity index (χ2v) is 11.2. The molecule has 0 aliphatic rings. The first-order chi connectivity index (χ1) is 22.6. The van der Waals surface area contributed by atoms with Crippen LogP contribution in [0.4, 0.5) is 11.4 Å². The highest BCUT2D eigenvalue weighted by atomic mass is 16.1. The molecule has 0 spiro atoms. The molecule has 1 aromatic heterocycles. The van der Waals surface area contributed by atoms with Gasteiger partial charge in [-0.1, -0.05) is 127 Å². The summed E-state index contributed by atoms with van der Waals surface area (Å²) in [7, 11) is 3.61. The second-order valence-electron chi connectivity index (χ2n) is 11.2. The van der Waals surface area contributed by atoms with Gasteiger partial charge in [-0.15, -0.1) is 0 Å². The van der Waals surface area contributed by atoms with Gasteiger partial charge in [-0.25, -0.2) is 9.97 Å². The fourth-order valence-electron chi connectivity index (χ4n) is 5.95. The lowest BCUT2D eigenvalue weighted by Gasteiger charge is -2.17. The summed E-state index contributed by atoms with van der Waals surface area (Å²) in [5, 5.41) is 5.49. The zero-order valence-electron chi connectivity index (χ0n) is 25.7. The Bertz CT molecular complexity index is 2160. The molecule has 0 aliphatic heterocycles. The lowest BCUT2D eigenvalue weighted by Crippen LogP contribution is -2.15. The molecule has 0 atom stereocenters. The average molecular weight is 597 g/mol. The highest BCUT2D eigenvalue weighted by Crippen LogP contribution is 2.37. The van der Waals surface area contributed by atoms with Crippen molar-refractivity contribution >= 4 is 28.6 Å². The van der Waals surface area contributed by atoms with Gasteiger partial charge in [0.2, 0.25) is 6.41 Å². The summed E-state index contributed by atoms with van der Waals surface area (Å²) in [6, 6.07) is 50.1. The van der Waals surface area contributed by atoms with Crippen molar-refractivity contribution in [3.05, 3.63) is 146 Å². The number of rotatable bonds is 8. The maximum absolute atomic E-state index is 11.5. The summed E-state index contributed by atoms with van der Waals surface area (Å²) in [6.07, 6.45) is 0.818. The van der Waals surface area contributed by atoms with Gasteiger partial charge >= 0.3 is 0 Å². The van der Waals surface area contributed by atoms with Crippen molar-refractivity contribution in [2.45, 2.75) is 0 Å². The molecule has 6 aromatic carbocycles. The third-order valence-corrected chi connectivity index (χ3v) is 8.36. The van der Waals surface area contributed by atoms with Crippen LogP contribution >= 0.6 is 0 Å². The van der Waals surface area contributed by atoms with Crippen LogP contribution in [0.15, 0.2) is 146 Å². The first-order valence-electron chi connectivity index (χ1n) is 15.3. The minimum Gasteiger partial charge on any atom is -0.386 e. The van der Waals surface area contributed by atoms with Gasteiger partial charge in [0.05, 0.1) is 22.8 Å². The number of fused-ring (bicyclic) bond motifs is 1. The van der Waals surface area contributed by atoms with Gasteiger partial charge in [-0.3, -0.25) is 4.79 Å². The number of amides is 1. The molecule has 5 heteroatoms. The fourth-order valence-corrected chi connectivity index (χ4v) is 5.95. The zero-order chi connectivity index (χ0) is 31.5. The third-order valence-electron chi connectivity index (χ3n) is 8.36. The van der Waals surface area contributed by atoms with E-state index >= 15 is 0 Å². The molecular formula is C41H32N4O. The monoisotopic (exact) mass is 596 g/mol. The molecule has 222 valence electrons. The van der Waals surface area contributed by atoms with Crippen LogP contribution in [0.1, 0.15) is 0 Å². The zero-order valence-corrected chi connectivity index (χ0v) is 25.7. The van der Waals surface area contributed by atoms with Crippen molar-refractivity contribution in [2.75, 3.05) is 24.3 Å². The molecule has 0 radical (unpaired) electrons. The van der Waals surface area contributed by atoms with Gasteiger partial charge in [0.15, 0.2) is 5.82 Å². The Hall–Kier alpha value is -6.07. The van der Waals surface area contributed by atoms with Crippen molar-refractivity contribution in [3.8, 4) is 56.2 Å². The Morgan fingerprint density at radius 3 is 1.78 bits per heavy atom. The van der Waals surface area contributed by atoms with Gasteiger partial charge in [0.1, 0.15) is 0 Å². The van der Waals surface area contributed by atoms with E-state index in [2.05, 4.69) is 102 Å².